The molecule has 1 saturated heterocycles. The van der Waals surface area contributed by atoms with Crippen LogP contribution in [0.1, 0.15) is 18.4 Å². The van der Waals surface area contributed by atoms with Crippen molar-refractivity contribution in [3.8, 4) is 11.5 Å². The molecule has 40 heavy (non-hydrogen) atoms. The Labute approximate surface area is 238 Å². The normalized spacial score (nSPS) is 19.3. The first-order valence-corrected chi connectivity index (χ1v) is 14.8. The SMILES string of the molecule is COc1ccc(S(=O)(=O)N2CCCC(C(=O)N3CC(C(=O)NCc4ccccc4)Oc4ccccc43)C2)cc1Cl. The molecule has 9 nitrogen and oxygen atoms in total. The van der Waals surface area contributed by atoms with Gasteiger partial charge in [0.2, 0.25) is 15.9 Å². The Balaban J connectivity index is 1.33. The second-order valence-electron chi connectivity index (χ2n) is 9.73. The van der Waals surface area contributed by atoms with Gasteiger partial charge in [-0.3, -0.25) is 9.59 Å². The van der Waals surface area contributed by atoms with Crippen molar-refractivity contribution in [3.63, 3.8) is 0 Å². The molecule has 2 atom stereocenters. The van der Waals surface area contributed by atoms with Gasteiger partial charge >= 0.3 is 0 Å². The second-order valence-corrected chi connectivity index (χ2v) is 12.1. The zero-order valence-corrected chi connectivity index (χ0v) is 23.5. The Morgan fingerprint density at radius 1 is 1.05 bits per heavy atom. The molecule has 3 aromatic carbocycles. The molecule has 2 heterocycles. The van der Waals surface area contributed by atoms with E-state index in [1.54, 1.807) is 29.2 Å². The topological polar surface area (TPSA) is 105 Å². The fourth-order valence-corrected chi connectivity index (χ4v) is 6.89. The molecule has 2 amide bonds. The fourth-order valence-electron chi connectivity index (χ4n) is 5.02. The quantitative estimate of drug-likeness (QED) is 0.453. The molecule has 1 fully saturated rings. The average molecular weight is 584 g/mol. The number of hydrogen-bond donors (Lipinski definition) is 1. The maximum absolute atomic E-state index is 13.9. The molecule has 3 aromatic rings. The molecule has 0 bridgehead atoms. The molecule has 11 heteroatoms. The van der Waals surface area contributed by atoms with Gasteiger partial charge in [0.1, 0.15) is 11.5 Å². The molecule has 5 rings (SSSR count). The molecule has 0 radical (unpaired) electrons. The van der Waals surface area contributed by atoms with Crippen LogP contribution in [0.15, 0.2) is 77.7 Å². The maximum atomic E-state index is 13.9. The molecule has 0 saturated carbocycles. The number of para-hydroxylation sites is 2. The number of rotatable bonds is 7. The molecule has 2 aliphatic heterocycles. The first-order chi connectivity index (χ1) is 19.3. The summed E-state index contributed by atoms with van der Waals surface area (Å²) in [5.41, 5.74) is 1.50. The molecule has 1 N–H and O–H groups in total. The Morgan fingerprint density at radius 2 is 1.80 bits per heavy atom. The number of carbonyl (C=O) groups is 2. The van der Waals surface area contributed by atoms with Crippen molar-refractivity contribution in [2.24, 2.45) is 5.92 Å². The van der Waals surface area contributed by atoms with Crippen molar-refractivity contribution in [2.75, 3.05) is 31.6 Å². The highest BCUT2D eigenvalue weighted by Gasteiger charge is 2.39. The van der Waals surface area contributed by atoms with Crippen LogP contribution in [0, 0.1) is 5.92 Å². The van der Waals surface area contributed by atoms with Gasteiger partial charge in [-0.1, -0.05) is 54.1 Å². The van der Waals surface area contributed by atoms with E-state index in [2.05, 4.69) is 5.32 Å². The summed E-state index contributed by atoms with van der Waals surface area (Å²) < 4.78 is 39.3. The smallest absolute Gasteiger partial charge is 0.263 e. The van der Waals surface area contributed by atoms with Crippen LogP contribution in [0.2, 0.25) is 5.02 Å². The molecular weight excluding hydrogens is 554 g/mol. The van der Waals surface area contributed by atoms with E-state index in [-0.39, 0.29) is 34.8 Å². The minimum Gasteiger partial charge on any atom is -0.495 e. The highest BCUT2D eigenvalue weighted by atomic mass is 35.5. The van der Waals surface area contributed by atoms with E-state index in [0.29, 0.717) is 43.1 Å². The maximum Gasteiger partial charge on any atom is 0.263 e. The van der Waals surface area contributed by atoms with E-state index in [4.69, 9.17) is 21.1 Å². The lowest BCUT2D eigenvalue weighted by molar-refractivity contribution is -0.129. The molecule has 0 aliphatic carbocycles. The van der Waals surface area contributed by atoms with Gasteiger partial charge in [-0.2, -0.15) is 4.31 Å². The number of halogens is 1. The number of sulfonamides is 1. The number of anilines is 1. The van der Waals surface area contributed by atoms with E-state index in [0.717, 1.165) is 5.56 Å². The first kappa shape index (κ1) is 27.9. The van der Waals surface area contributed by atoms with Crippen LogP contribution in [0.4, 0.5) is 5.69 Å². The third-order valence-corrected chi connectivity index (χ3v) is 9.29. The molecular formula is C29H30ClN3O6S. The third-order valence-electron chi connectivity index (χ3n) is 7.14. The van der Waals surface area contributed by atoms with Crippen molar-refractivity contribution < 1.29 is 27.5 Å². The van der Waals surface area contributed by atoms with Crippen LogP contribution in [0.25, 0.3) is 0 Å². The van der Waals surface area contributed by atoms with Crippen LogP contribution in [-0.2, 0) is 26.2 Å². The lowest BCUT2D eigenvalue weighted by atomic mass is 9.97. The van der Waals surface area contributed by atoms with Crippen LogP contribution < -0.4 is 19.7 Å². The number of benzene rings is 3. The lowest BCUT2D eigenvalue weighted by Gasteiger charge is -2.38. The molecule has 2 unspecified atom stereocenters. The van der Waals surface area contributed by atoms with Gasteiger partial charge < -0.3 is 19.7 Å². The van der Waals surface area contributed by atoms with Crippen molar-refractivity contribution in [1.29, 1.82) is 0 Å². The number of fused-ring (bicyclic) bond motifs is 1. The van der Waals surface area contributed by atoms with Gasteiger partial charge in [0.05, 0.1) is 35.2 Å². The summed E-state index contributed by atoms with van der Waals surface area (Å²) in [4.78, 5) is 28.5. The van der Waals surface area contributed by atoms with Crippen LogP contribution in [0.3, 0.4) is 0 Å². The van der Waals surface area contributed by atoms with E-state index in [1.165, 1.54) is 29.6 Å². The summed E-state index contributed by atoms with van der Waals surface area (Å²) in [6, 6.07) is 20.9. The van der Waals surface area contributed by atoms with Crippen molar-refractivity contribution >= 4 is 39.1 Å². The summed E-state index contributed by atoms with van der Waals surface area (Å²) in [5.74, 6) is -0.364. The first-order valence-electron chi connectivity index (χ1n) is 13.0. The van der Waals surface area contributed by atoms with E-state index in [9.17, 15) is 18.0 Å². The Hall–Kier alpha value is -3.60. The van der Waals surface area contributed by atoms with Gasteiger partial charge in [0, 0.05) is 19.6 Å². The molecule has 210 valence electrons. The monoisotopic (exact) mass is 583 g/mol. The zero-order valence-electron chi connectivity index (χ0n) is 22.0. The highest BCUT2D eigenvalue weighted by molar-refractivity contribution is 7.89. The van der Waals surface area contributed by atoms with Crippen LogP contribution in [0.5, 0.6) is 11.5 Å². The summed E-state index contributed by atoms with van der Waals surface area (Å²) >= 11 is 6.19. The zero-order chi connectivity index (χ0) is 28.3. The van der Waals surface area contributed by atoms with Gasteiger partial charge in [0.25, 0.3) is 5.91 Å². The highest BCUT2D eigenvalue weighted by Crippen LogP contribution is 2.36. The number of amides is 2. The number of nitrogens with one attached hydrogen (secondary N) is 1. The summed E-state index contributed by atoms with van der Waals surface area (Å²) in [6.07, 6.45) is 0.137. The van der Waals surface area contributed by atoms with E-state index < -0.39 is 22.0 Å². The van der Waals surface area contributed by atoms with Crippen molar-refractivity contribution in [2.45, 2.75) is 30.4 Å². The number of methoxy groups -OCH3 is 1. The molecule has 2 aliphatic rings. The van der Waals surface area contributed by atoms with E-state index >= 15 is 0 Å². The number of carbonyl (C=O) groups excluding carboxylic acids is 2. The summed E-state index contributed by atoms with van der Waals surface area (Å²) in [7, 11) is -2.44. The second kappa shape index (κ2) is 11.9. The van der Waals surface area contributed by atoms with Gasteiger partial charge in [-0.05, 0) is 48.7 Å². The van der Waals surface area contributed by atoms with Crippen molar-refractivity contribution in [1.82, 2.24) is 9.62 Å². The fraction of sp³-hybridized carbons (Fsp3) is 0.310. The predicted octanol–water partition coefficient (Wildman–Crippen LogP) is 3.86. The van der Waals surface area contributed by atoms with Crippen LogP contribution >= 0.6 is 11.6 Å². The number of ether oxygens (including phenoxy) is 2. The largest absolute Gasteiger partial charge is 0.495 e. The summed E-state index contributed by atoms with van der Waals surface area (Å²) in [5, 5.41) is 3.08. The summed E-state index contributed by atoms with van der Waals surface area (Å²) in [6.45, 7) is 0.670. The third kappa shape index (κ3) is 5.79. The van der Waals surface area contributed by atoms with Gasteiger partial charge in [-0.15, -0.1) is 0 Å². The average Bonchev–Trinajstić information content (AvgIpc) is 2.99. The van der Waals surface area contributed by atoms with E-state index in [1.807, 2.05) is 30.3 Å². The Kier molecular flexibility index (Phi) is 8.30. The molecule has 0 aromatic heterocycles. The Bertz CT molecular complexity index is 1500. The molecule has 0 spiro atoms. The van der Waals surface area contributed by atoms with Gasteiger partial charge in [-0.25, -0.2) is 8.42 Å². The lowest BCUT2D eigenvalue weighted by Crippen LogP contribution is -2.53. The number of piperidine rings is 1. The Morgan fingerprint density at radius 3 is 2.55 bits per heavy atom. The standard InChI is InChI=1S/C29H30ClN3O6S/c1-38-25-14-13-22(16-23(25)30)40(36,37)32-15-7-10-21(18-32)29(35)33-19-27(39-26-12-6-5-11-24(26)33)28(34)31-17-20-8-3-2-4-9-20/h2-6,8-9,11-14,16,21,27H,7,10,15,17-19H2,1H3,(H,31,34). The van der Waals surface area contributed by atoms with Gasteiger partial charge in [0.15, 0.2) is 6.10 Å². The number of nitrogens with zero attached hydrogens (tertiary/aromatic N) is 2. The number of hydrogen-bond acceptors (Lipinski definition) is 6. The van der Waals surface area contributed by atoms with Crippen molar-refractivity contribution in [3.05, 3.63) is 83.4 Å². The van der Waals surface area contributed by atoms with Crippen LogP contribution in [-0.4, -0.2) is 57.4 Å². The predicted molar refractivity (Wildman–Crippen MR) is 151 cm³/mol. The minimum absolute atomic E-state index is 0.0216. The minimum atomic E-state index is -3.89.